The molecule has 176 valence electrons. The third-order valence-electron chi connectivity index (χ3n) is 7.08. The molecule has 0 radical (unpaired) electrons. The molecule has 0 saturated heterocycles. The van der Waals surface area contributed by atoms with Gasteiger partial charge in [0.2, 0.25) is 0 Å². The maximum atomic E-state index is 13.7. The fourth-order valence-corrected chi connectivity index (χ4v) is 5.30. The number of rotatable bonds is 2. The first kappa shape index (κ1) is 21.9. The molecule has 0 unspecified atom stereocenters. The van der Waals surface area contributed by atoms with Gasteiger partial charge in [0.25, 0.3) is 23.6 Å². The average molecular weight is 475 g/mol. The van der Waals surface area contributed by atoms with Crippen LogP contribution in [0.2, 0.25) is 0 Å². The summed E-state index contributed by atoms with van der Waals surface area (Å²) in [5, 5.41) is 0.767. The van der Waals surface area contributed by atoms with Crippen LogP contribution in [-0.2, 0) is 0 Å². The normalized spacial score (nSPS) is 14.8. The van der Waals surface area contributed by atoms with E-state index < -0.39 is 23.6 Å². The van der Waals surface area contributed by atoms with Crippen molar-refractivity contribution in [1.29, 1.82) is 0 Å². The van der Waals surface area contributed by atoms with E-state index in [0.29, 0.717) is 55.5 Å². The fraction of sp³-hybridized carbons (Fsp3) is 0.133. The Hall–Kier alpha value is -4.58. The van der Waals surface area contributed by atoms with Crippen LogP contribution in [0.3, 0.4) is 0 Å². The van der Waals surface area contributed by atoms with Crippen molar-refractivity contribution in [1.82, 2.24) is 0 Å². The van der Waals surface area contributed by atoms with Crippen molar-refractivity contribution in [3.8, 4) is 0 Å². The molecule has 0 spiro atoms. The molecule has 4 aromatic carbocycles. The fourth-order valence-electron chi connectivity index (χ4n) is 5.30. The molecular formula is C30H22N2O4. The average Bonchev–Trinajstić information content (AvgIpc) is 2.84. The van der Waals surface area contributed by atoms with Gasteiger partial charge in [-0.2, -0.15) is 0 Å². The third kappa shape index (κ3) is 2.84. The van der Waals surface area contributed by atoms with Crippen molar-refractivity contribution in [2.45, 2.75) is 27.7 Å². The Morgan fingerprint density at radius 1 is 0.472 bits per heavy atom. The lowest BCUT2D eigenvalue weighted by Gasteiger charge is -2.33. The minimum Gasteiger partial charge on any atom is -0.268 e. The van der Waals surface area contributed by atoms with Gasteiger partial charge in [0.15, 0.2) is 0 Å². The number of amides is 4. The van der Waals surface area contributed by atoms with Gasteiger partial charge >= 0.3 is 0 Å². The van der Waals surface area contributed by atoms with Gasteiger partial charge in [0, 0.05) is 21.9 Å². The molecule has 0 aromatic heterocycles. The minimum atomic E-state index is -0.469. The number of aryl methyl sites for hydroxylation is 4. The SMILES string of the molecule is Cc1ccc(N2C(=O)c3cc(C)c4c5c(cc(C)c(c35)C2=O)C(=O)N(c2ccc(C)cc2)C4=O)cc1. The Morgan fingerprint density at radius 3 is 1.14 bits per heavy atom. The van der Waals surface area contributed by atoms with E-state index in [1.165, 1.54) is 9.80 Å². The Labute approximate surface area is 207 Å². The second-order valence-electron chi connectivity index (χ2n) is 9.54. The highest BCUT2D eigenvalue weighted by atomic mass is 16.2. The standard InChI is InChI=1S/C30H22N2O4/c1-15-5-9-19(10-6-15)31-27(33)21-13-18(4)24-26-22(14-17(3)23(25(21)26)29(31)35)28(34)32(30(24)36)20-11-7-16(2)8-12-20/h5-14H,1-4H3. The van der Waals surface area contributed by atoms with Gasteiger partial charge < -0.3 is 0 Å². The molecule has 0 aliphatic carbocycles. The molecule has 0 N–H and O–H groups in total. The summed E-state index contributed by atoms with van der Waals surface area (Å²) in [4.78, 5) is 57.2. The summed E-state index contributed by atoms with van der Waals surface area (Å²) < 4.78 is 0. The zero-order valence-corrected chi connectivity index (χ0v) is 20.3. The van der Waals surface area contributed by atoms with E-state index in [9.17, 15) is 19.2 Å². The van der Waals surface area contributed by atoms with Crippen LogP contribution in [0.1, 0.15) is 63.7 Å². The quantitative estimate of drug-likeness (QED) is 0.351. The third-order valence-corrected chi connectivity index (χ3v) is 7.08. The van der Waals surface area contributed by atoms with Crippen molar-refractivity contribution in [2.75, 3.05) is 9.80 Å². The van der Waals surface area contributed by atoms with Crippen LogP contribution >= 0.6 is 0 Å². The number of hydrogen-bond donors (Lipinski definition) is 0. The van der Waals surface area contributed by atoms with Crippen LogP contribution in [0, 0.1) is 27.7 Å². The van der Waals surface area contributed by atoms with Crippen LogP contribution in [0.5, 0.6) is 0 Å². The van der Waals surface area contributed by atoms with Crippen LogP contribution < -0.4 is 9.80 Å². The molecule has 0 atom stereocenters. The first-order valence-corrected chi connectivity index (χ1v) is 11.7. The summed E-state index contributed by atoms with van der Waals surface area (Å²) in [5.41, 5.74) is 5.45. The van der Waals surface area contributed by atoms with Crippen molar-refractivity contribution in [3.63, 3.8) is 0 Å². The molecule has 2 aliphatic rings. The number of anilines is 2. The van der Waals surface area contributed by atoms with Gasteiger partial charge in [-0.3, -0.25) is 19.2 Å². The summed E-state index contributed by atoms with van der Waals surface area (Å²) in [6.07, 6.45) is 0. The number of carbonyl (C=O) groups excluding carboxylic acids is 4. The van der Waals surface area contributed by atoms with Gasteiger partial charge in [-0.1, -0.05) is 35.4 Å². The summed E-state index contributed by atoms with van der Waals surface area (Å²) in [5.74, 6) is -1.86. The van der Waals surface area contributed by atoms with Crippen molar-refractivity contribution in [3.05, 3.63) is 105 Å². The maximum absolute atomic E-state index is 13.7. The molecule has 36 heavy (non-hydrogen) atoms. The number of carbonyl (C=O) groups is 4. The highest BCUT2D eigenvalue weighted by molar-refractivity contribution is 6.42. The monoisotopic (exact) mass is 474 g/mol. The van der Waals surface area contributed by atoms with Crippen LogP contribution in [0.25, 0.3) is 10.8 Å². The predicted octanol–water partition coefficient (Wildman–Crippen LogP) is 5.67. The smallest absolute Gasteiger partial charge is 0.266 e. The molecule has 6 rings (SSSR count). The topological polar surface area (TPSA) is 74.8 Å². The Balaban J connectivity index is 1.63. The van der Waals surface area contributed by atoms with Gasteiger partial charge in [0.1, 0.15) is 0 Å². The molecular weight excluding hydrogens is 452 g/mol. The van der Waals surface area contributed by atoms with E-state index in [-0.39, 0.29) is 0 Å². The molecule has 0 saturated carbocycles. The van der Waals surface area contributed by atoms with E-state index in [0.717, 1.165) is 11.1 Å². The number of nitrogens with zero attached hydrogens (tertiary/aromatic N) is 2. The van der Waals surface area contributed by atoms with Gasteiger partial charge in [-0.15, -0.1) is 0 Å². The van der Waals surface area contributed by atoms with Crippen LogP contribution in [-0.4, -0.2) is 23.6 Å². The van der Waals surface area contributed by atoms with Crippen molar-refractivity contribution >= 4 is 45.8 Å². The van der Waals surface area contributed by atoms with E-state index in [1.54, 1.807) is 50.2 Å². The predicted molar refractivity (Wildman–Crippen MR) is 138 cm³/mol. The first-order valence-electron chi connectivity index (χ1n) is 11.7. The zero-order valence-electron chi connectivity index (χ0n) is 20.3. The van der Waals surface area contributed by atoms with Crippen molar-refractivity contribution < 1.29 is 19.2 Å². The molecule has 2 aliphatic heterocycles. The second kappa shape index (κ2) is 7.46. The molecule has 0 fully saturated rings. The lowest BCUT2D eigenvalue weighted by atomic mass is 9.81. The maximum Gasteiger partial charge on any atom is 0.266 e. The second-order valence-corrected chi connectivity index (χ2v) is 9.54. The van der Waals surface area contributed by atoms with E-state index in [4.69, 9.17) is 0 Å². The molecule has 6 heteroatoms. The van der Waals surface area contributed by atoms with E-state index >= 15 is 0 Å². The highest BCUT2D eigenvalue weighted by Gasteiger charge is 2.42. The summed E-state index contributed by atoms with van der Waals surface area (Å²) >= 11 is 0. The van der Waals surface area contributed by atoms with E-state index in [1.807, 2.05) is 38.1 Å². The van der Waals surface area contributed by atoms with E-state index in [2.05, 4.69) is 0 Å². The molecule has 6 nitrogen and oxygen atoms in total. The molecule has 4 amide bonds. The van der Waals surface area contributed by atoms with Gasteiger partial charge in [-0.05, 0) is 75.2 Å². The molecule has 4 aromatic rings. The summed E-state index contributed by atoms with van der Waals surface area (Å²) in [6.45, 7) is 7.39. The minimum absolute atomic E-state index is 0.316. The Morgan fingerprint density at radius 2 is 0.806 bits per heavy atom. The number of imide groups is 2. The lowest BCUT2D eigenvalue weighted by Crippen LogP contribution is -2.44. The first-order chi connectivity index (χ1) is 17.2. The van der Waals surface area contributed by atoms with Crippen LogP contribution in [0.15, 0.2) is 60.7 Å². The highest BCUT2D eigenvalue weighted by Crippen LogP contribution is 2.42. The summed E-state index contributed by atoms with van der Waals surface area (Å²) in [7, 11) is 0. The van der Waals surface area contributed by atoms with Gasteiger partial charge in [0.05, 0.1) is 22.5 Å². The summed E-state index contributed by atoms with van der Waals surface area (Å²) in [6, 6.07) is 17.7. The Kier molecular flexibility index (Phi) is 4.54. The molecule has 0 bridgehead atoms. The number of benzene rings is 4. The van der Waals surface area contributed by atoms with Gasteiger partial charge in [-0.25, -0.2) is 9.80 Å². The van der Waals surface area contributed by atoms with Crippen molar-refractivity contribution in [2.24, 2.45) is 0 Å². The largest absolute Gasteiger partial charge is 0.268 e. The van der Waals surface area contributed by atoms with Crippen LogP contribution in [0.4, 0.5) is 11.4 Å². The molecule has 2 heterocycles. The zero-order chi connectivity index (χ0) is 25.5. The number of hydrogen-bond acceptors (Lipinski definition) is 4. The Bertz CT molecular complexity index is 1560. The lowest BCUT2D eigenvalue weighted by molar-refractivity contribution is 0.0872.